The van der Waals surface area contributed by atoms with E-state index in [1.54, 1.807) is 31.3 Å². The number of amides is 2. The van der Waals surface area contributed by atoms with Gasteiger partial charge in [-0.3, -0.25) is 9.59 Å². The maximum atomic E-state index is 11.9. The van der Waals surface area contributed by atoms with E-state index in [9.17, 15) is 14.7 Å². The summed E-state index contributed by atoms with van der Waals surface area (Å²) in [5, 5.41) is 17.6. The Hall–Kier alpha value is -1.92. The van der Waals surface area contributed by atoms with Gasteiger partial charge in [-0.05, 0) is 24.6 Å². The van der Waals surface area contributed by atoms with Crippen LogP contribution in [0.3, 0.4) is 0 Å². The van der Waals surface area contributed by atoms with E-state index in [1.165, 1.54) is 0 Å². The second-order valence-electron chi connectivity index (χ2n) is 4.50. The molecule has 0 spiro atoms. The molecule has 1 saturated heterocycles. The fourth-order valence-electron chi connectivity index (χ4n) is 2.03. The van der Waals surface area contributed by atoms with Crippen LogP contribution >= 0.6 is 0 Å². The molecule has 1 aromatic carbocycles. The third kappa shape index (κ3) is 3.30. The first-order valence-corrected chi connectivity index (χ1v) is 6.14. The van der Waals surface area contributed by atoms with Crippen LogP contribution in [0.25, 0.3) is 0 Å². The van der Waals surface area contributed by atoms with Crippen molar-refractivity contribution < 1.29 is 14.7 Å². The lowest BCUT2D eigenvalue weighted by molar-refractivity contribution is -0.117. The number of nitrogens with one attached hydrogen (secondary N) is 3. The highest BCUT2D eigenvalue weighted by atomic mass is 16.3. The summed E-state index contributed by atoms with van der Waals surface area (Å²) in [6.45, 7) is 0.427. The third-order valence-electron chi connectivity index (χ3n) is 3.04. The molecule has 0 aliphatic carbocycles. The second-order valence-corrected chi connectivity index (χ2v) is 4.50. The second kappa shape index (κ2) is 5.81. The quantitative estimate of drug-likeness (QED) is 0.603. The Kier molecular flexibility index (Phi) is 4.13. The van der Waals surface area contributed by atoms with E-state index < -0.39 is 12.1 Å². The lowest BCUT2D eigenvalue weighted by Gasteiger charge is -2.11. The summed E-state index contributed by atoms with van der Waals surface area (Å²) >= 11 is 0. The van der Waals surface area contributed by atoms with Gasteiger partial charge in [0.15, 0.2) is 0 Å². The average molecular weight is 263 g/mol. The summed E-state index contributed by atoms with van der Waals surface area (Å²) in [6, 6.07) is 6.32. The number of benzene rings is 1. The normalized spacial score (nSPS) is 22.0. The van der Waals surface area contributed by atoms with E-state index >= 15 is 0 Å². The van der Waals surface area contributed by atoms with Crippen molar-refractivity contribution in [2.75, 3.05) is 18.9 Å². The van der Waals surface area contributed by atoms with Gasteiger partial charge < -0.3 is 21.1 Å². The molecule has 1 fully saturated rings. The lowest BCUT2D eigenvalue weighted by atomic mass is 10.1. The zero-order valence-electron chi connectivity index (χ0n) is 10.6. The summed E-state index contributed by atoms with van der Waals surface area (Å²) in [6.07, 6.45) is -0.0750. The Labute approximate surface area is 111 Å². The molecule has 102 valence electrons. The highest BCUT2D eigenvalue weighted by Crippen LogP contribution is 2.13. The molecule has 0 aromatic heterocycles. The summed E-state index contributed by atoms with van der Waals surface area (Å²) in [7, 11) is 1.55. The van der Waals surface area contributed by atoms with Crippen LogP contribution in [-0.2, 0) is 4.79 Å². The average Bonchev–Trinajstić information content (AvgIpc) is 2.85. The number of carbonyl (C=O) groups excluding carboxylic acids is 2. The van der Waals surface area contributed by atoms with E-state index in [1.807, 2.05) is 0 Å². The summed E-state index contributed by atoms with van der Waals surface area (Å²) in [5.74, 6) is -0.406. The summed E-state index contributed by atoms with van der Waals surface area (Å²) < 4.78 is 0. The Balaban J connectivity index is 2.03. The van der Waals surface area contributed by atoms with Gasteiger partial charge in [-0.2, -0.15) is 0 Å². The molecule has 1 heterocycles. The predicted octanol–water partition coefficient (Wildman–Crippen LogP) is -0.292. The van der Waals surface area contributed by atoms with Crippen LogP contribution in [0, 0.1) is 0 Å². The number of anilines is 1. The molecule has 2 rings (SSSR count). The molecule has 19 heavy (non-hydrogen) atoms. The topological polar surface area (TPSA) is 90.5 Å². The number of aliphatic hydroxyl groups excluding tert-OH is 1. The number of hydrogen-bond acceptors (Lipinski definition) is 4. The van der Waals surface area contributed by atoms with Gasteiger partial charge in [0.25, 0.3) is 5.91 Å². The molecular weight excluding hydrogens is 246 g/mol. The highest BCUT2D eigenvalue weighted by molar-refractivity contribution is 5.98. The first-order chi connectivity index (χ1) is 9.10. The summed E-state index contributed by atoms with van der Waals surface area (Å²) in [4.78, 5) is 23.4. The van der Waals surface area contributed by atoms with Crippen LogP contribution < -0.4 is 16.0 Å². The van der Waals surface area contributed by atoms with E-state index in [4.69, 9.17) is 0 Å². The van der Waals surface area contributed by atoms with Crippen molar-refractivity contribution in [3.05, 3.63) is 29.8 Å². The molecule has 6 nitrogen and oxygen atoms in total. The Morgan fingerprint density at radius 2 is 2.21 bits per heavy atom. The van der Waals surface area contributed by atoms with Crippen molar-refractivity contribution in [1.29, 1.82) is 0 Å². The van der Waals surface area contributed by atoms with Gasteiger partial charge in [-0.15, -0.1) is 0 Å². The smallest absolute Gasteiger partial charge is 0.251 e. The van der Waals surface area contributed by atoms with Gasteiger partial charge in [0.1, 0.15) is 0 Å². The molecule has 2 atom stereocenters. The van der Waals surface area contributed by atoms with Crippen LogP contribution in [0.2, 0.25) is 0 Å². The van der Waals surface area contributed by atoms with Gasteiger partial charge in [-0.25, -0.2) is 0 Å². The molecule has 2 unspecified atom stereocenters. The maximum Gasteiger partial charge on any atom is 0.251 e. The number of hydrogen-bond donors (Lipinski definition) is 4. The van der Waals surface area contributed by atoms with E-state index in [2.05, 4.69) is 16.0 Å². The SMILES string of the molecule is CNC(=O)c1cccc(NC(=O)C2CC(O)CN2)c1. The molecule has 1 aliphatic heterocycles. The van der Waals surface area contributed by atoms with E-state index in [-0.39, 0.29) is 11.8 Å². The van der Waals surface area contributed by atoms with Gasteiger partial charge in [0, 0.05) is 24.8 Å². The zero-order valence-corrected chi connectivity index (χ0v) is 10.6. The molecular formula is C13H17N3O3. The number of aliphatic hydroxyl groups is 1. The van der Waals surface area contributed by atoms with Crippen LogP contribution in [0.4, 0.5) is 5.69 Å². The van der Waals surface area contributed by atoms with Gasteiger partial charge in [-0.1, -0.05) is 6.07 Å². The first-order valence-electron chi connectivity index (χ1n) is 6.14. The minimum absolute atomic E-state index is 0.203. The van der Waals surface area contributed by atoms with Crippen molar-refractivity contribution >= 4 is 17.5 Å². The van der Waals surface area contributed by atoms with E-state index in [0.717, 1.165) is 0 Å². The standard InChI is InChI=1S/C13H17N3O3/c1-14-12(18)8-3-2-4-9(5-8)16-13(19)11-6-10(17)7-15-11/h2-5,10-11,15,17H,6-7H2,1H3,(H,14,18)(H,16,19). The first kappa shape index (κ1) is 13.5. The largest absolute Gasteiger partial charge is 0.392 e. The third-order valence-corrected chi connectivity index (χ3v) is 3.04. The molecule has 1 aromatic rings. The monoisotopic (exact) mass is 263 g/mol. The zero-order chi connectivity index (χ0) is 13.8. The fourth-order valence-corrected chi connectivity index (χ4v) is 2.03. The Morgan fingerprint density at radius 1 is 1.42 bits per heavy atom. The highest BCUT2D eigenvalue weighted by Gasteiger charge is 2.27. The van der Waals surface area contributed by atoms with Crippen molar-refractivity contribution in [1.82, 2.24) is 10.6 Å². The lowest BCUT2D eigenvalue weighted by Crippen LogP contribution is -2.35. The number of rotatable bonds is 3. The molecule has 6 heteroatoms. The summed E-state index contributed by atoms with van der Waals surface area (Å²) in [5.41, 5.74) is 1.05. The van der Waals surface area contributed by atoms with Crippen molar-refractivity contribution in [3.63, 3.8) is 0 Å². The molecule has 0 saturated carbocycles. The van der Waals surface area contributed by atoms with Crippen LogP contribution in [0.15, 0.2) is 24.3 Å². The molecule has 1 aliphatic rings. The Morgan fingerprint density at radius 3 is 2.84 bits per heavy atom. The minimum Gasteiger partial charge on any atom is -0.392 e. The van der Waals surface area contributed by atoms with Crippen molar-refractivity contribution in [2.45, 2.75) is 18.6 Å². The van der Waals surface area contributed by atoms with Gasteiger partial charge >= 0.3 is 0 Å². The molecule has 2 amide bonds. The van der Waals surface area contributed by atoms with Crippen LogP contribution in [0.5, 0.6) is 0 Å². The minimum atomic E-state index is -0.479. The van der Waals surface area contributed by atoms with E-state index in [0.29, 0.717) is 24.2 Å². The molecule has 4 N–H and O–H groups in total. The molecule has 0 bridgehead atoms. The van der Waals surface area contributed by atoms with Gasteiger partial charge in [0.05, 0.1) is 12.1 Å². The fraction of sp³-hybridized carbons (Fsp3) is 0.385. The maximum absolute atomic E-state index is 11.9. The van der Waals surface area contributed by atoms with Crippen molar-refractivity contribution in [2.24, 2.45) is 0 Å². The van der Waals surface area contributed by atoms with Gasteiger partial charge in [0.2, 0.25) is 5.91 Å². The molecule has 0 radical (unpaired) electrons. The number of carbonyl (C=O) groups is 2. The predicted molar refractivity (Wildman–Crippen MR) is 70.9 cm³/mol. The number of β-amino-alcohol motifs (C(OH)–C–C–N with tert-alkyl or cyclic N) is 1. The Bertz CT molecular complexity index is 490. The van der Waals surface area contributed by atoms with Crippen LogP contribution in [0.1, 0.15) is 16.8 Å². The van der Waals surface area contributed by atoms with Crippen LogP contribution in [-0.4, -0.2) is 42.7 Å². The van der Waals surface area contributed by atoms with Crippen molar-refractivity contribution in [3.8, 4) is 0 Å².